The number of hydrogen-bond donors (Lipinski definition) is 0. The van der Waals surface area contributed by atoms with Crippen molar-refractivity contribution in [2.75, 3.05) is 0 Å². The molecule has 0 atom stereocenters. The summed E-state index contributed by atoms with van der Waals surface area (Å²) in [4.78, 5) is 11.5. The van der Waals surface area contributed by atoms with Gasteiger partial charge in [0.2, 0.25) is 0 Å². The van der Waals surface area contributed by atoms with Gasteiger partial charge in [-0.2, -0.15) is 0 Å². The molecule has 126 valence electrons. The minimum absolute atomic E-state index is 0.532. The van der Waals surface area contributed by atoms with E-state index in [0.29, 0.717) is 12.2 Å². The zero-order chi connectivity index (χ0) is 17.8. The first-order chi connectivity index (χ1) is 12.8. The normalized spacial score (nSPS) is 10.6. The zero-order valence-corrected chi connectivity index (χ0v) is 14.3. The minimum atomic E-state index is 0.532. The Balaban J connectivity index is 1.72. The van der Waals surface area contributed by atoms with Gasteiger partial charge in [-0.05, 0) is 39.6 Å². The van der Waals surface area contributed by atoms with Gasteiger partial charge < -0.3 is 4.74 Å². The van der Waals surface area contributed by atoms with Crippen molar-refractivity contribution in [1.29, 1.82) is 0 Å². The van der Waals surface area contributed by atoms with Gasteiger partial charge in [0.1, 0.15) is 12.4 Å². The van der Waals surface area contributed by atoms with E-state index in [1.165, 1.54) is 0 Å². The molecule has 4 aromatic rings. The molecule has 0 amide bonds. The van der Waals surface area contributed by atoms with Gasteiger partial charge in [0.25, 0.3) is 0 Å². The maximum Gasteiger partial charge on any atom is 0.150 e. The first-order valence-corrected chi connectivity index (χ1v) is 8.59. The lowest BCUT2D eigenvalue weighted by Gasteiger charge is -2.12. The Morgan fingerprint density at radius 1 is 0.769 bits per heavy atom. The van der Waals surface area contributed by atoms with Crippen molar-refractivity contribution in [1.82, 2.24) is 0 Å². The molecule has 2 heteroatoms. The monoisotopic (exact) mass is 338 g/mol. The second-order valence-corrected chi connectivity index (χ2v) is 6.17. The molecule has 0 heterocycles. The van der Waals surface area contributed by atoms with E-state index in [-0.39, 0.29) is 0 Å². The summed E-state index contributed by atoms with van der Waals surface area (Å²) in [6.07, 6.45) is 0.918. The highest BCUT2D eigenvalue weighted by Crippen LogP contribution is 2.33. The number of ether oxygens (including phenoxy) is 1. The fraction of sp³-hybridized carbons (Fsp3) is 0.0417. The second kappa shape index (κ2) is 7.24. The molecule has 26 heavy (non-hydrogen) atoms. The van der Waals surface area contributed by atoms with E-state index in [2.05, 4.69) is 0 Å². The number of carbonyl (C=O) groups is 1. The molecule has 0 spiro atoms. The van der Waals surface area contributed by atoms with Crippen molar-refractivity contribution in [2.45, 2.75) is 6.61 Å². The molecule has 0 N–H and O–H groups in total. The third-order valence-electron chi connectivity index (χ3n) is 4.46. The van der Waals surface area contributed by atoms with Crippen LogP contribution in [-0.2, 0) is 6.61 Å². The van der Waals surface area contributed by atoms with E-state index in [1.54, 1.807) is 0 Å². The van der Waals surface area contributed by atoms with Crippen LogP contribution in [0.5, 0.6) is 5.75 Å². The lowest BCUT2D eigenvalue weighted by molar-refractivity contribution is 0.112. The molecule has 0 aromatic heterocycles. The van der Waals surface area contributed by atoms with Gasteiger partial charge >= 0.3 is 0 Å². The lowest BCUT2D eigenvalue weighted by Crippen LogP contribution is -1.95. The maximum atomic E-state index is 11.5. The van der Waals surface area contributed by atoms with Crippen LogP contribution in [0.1, 0.15) is 15.9 Å². The average Bonchev–Trinajstić information content (AvgIpc) is 2.72. The first kappa shape index (κ1) is 16.1. The largest absolute Gasteiger partial charge is 0.489 e. The van der Waals surface area contributed by atoms with Crippen LogP contribution in [0.3, 0.4) is 0 Å². The van der Waals surface area contributed by atoms with Crippen LogP contribution in [-0.4, -0.2) is 6.29 Å². The summed E-state index contributed by atoms with van der Waals surface area (Å²) in [5, 5.41) is 2.10. The van der Waals surface area contributed by atoms with Gasteiger partial charge in [0.05, 0.1) is 0 Å². The number of aldehydes is 1. The van der Waals surface area contributed by atoms with Crippen molar-refractivity contribution >= 4 is 17.1 Å². The molecule has 0 fully saturated rings. The highest BCUT2D eigenvalue weighted by atomic mass is 16.5. The smallest absolute Gasteiger partial charge is 0.150 e. The molecule has 2 nitrogen and oxygen atoms in total. The Kier molecular flexibility index (Phi) is 4.48. The predicted molar refractivity (Wildman–Crippen MR) is 106 cm³/mol. The molecule has 0 radical (unpaired) electrons. The zero-order valence-electron chi connectivity index (χ0n) is 14.3. The third-order valence-corrected chi connectivity index (χ3v) is 4.46. The Hall–Kier alpha value is -3.39. The summed E-state index contributed by atoms with van der Waals surface area (Å²) in [6.45, 7) is 0.532. The van der Waals surface area contributed by atoms with Gasteiger partial charge in [-0.3, -0.25) is 4.79 Å². The van der Waals surface area contributed by atoms with Crippen LogP contribution in [0, 0.1) is 0 Å². The number of benzene rings is 4. The lowest BCUT2D eigenvalue weighted by atomic mass is 9.94. The summed E-state index contributed by atoms with van der Waals surface area (Å²) in [7, 11) is 0. The highest BCUT2D eigenvalue weighted by Gasteiger charge is 2.10. The van der Waals surface area contributed by atoms with Crippen molar-refractivity contribution < 1.29 is 9.53 Å². The van der Waals surface area contributed by atoms with E-state index in [4.69, 9.17) is 4.74 Å². The Morgan fingerprint density at radius 2 is 1.50 bits per heavy atom. The van der Waals surface area contributed by atoms with Crippen LogP contribution in [0.2, 0.25) is 0 Å². The molecule has 4 aromatic carbocycles. The number of carbonyl (C=O) groups excluding carboxylic acids is 1. The Bertz CT molecular complexity index is 1040. The fourth-order valence-electron chi connectivity index (χ4n) is 3.18. The second-order valence-electron chi connectivity index (χ2n) is 6.17. The van der Waals surface area contributed by atoms with Crippen LogP contribution >= 0.6 is 0 Å². The minimum Gasteiger partial charge on any atom is -0.489 e. The van der Waals surface area contributed by atoms with Crippen molar-refractivity contribution in [3.8, 4) is 16.9 Å². The fourth-order valence-corrected chi connectivity index (χ4v) is 3.18. The van der Waals surface area contributed by atoms with E-state index in [1.807, 2.05) is 91.0 Å². The molecule has 0 aliphatic rings. The van der Waals surface area contributed by atoms with Crippen LogP contribution in [0.25, 0.3) is 21.9 Å². The standard InChI is InChI=1S/C24H18O2/c25-16-21-12-11-20-15-22(26-17-18-7-3-1-4-8-18)13-14-23(20)24(21)19-9-5-2-6-10-19/h1-16H,17H2. The number of rotatable bonds is 5. The molecular weight excluding hydrogens is 320 g/mol. The molecule has 0 unspecified atom stereocenters. The Morgan fingerprint density at radius 3 is 2.23 bits per heavy atom. The van der Waals surface area contributed by atoms with Crippen molar-refractivity contribution in [3.05, 3.63) is 102 Å². The summed E-state index contributed by atoms with van der Waals surface area (Å²) in [5.41, 5.74) is 3.83. The van der Waals surface area contributed by atoms with Crippen molar-refractivity contribution in [3.63, 3.8) is 0 Å². The SMILES string of the molecule is O=Cc1ccc2cc(OCc3ccccc3)ccc2c1-c1ccccc1. The van der Waals surface area contributed by atoms with E-state index >= 15 is 0 Å². The van der Waals surface area contributed by atoms with Gasteiger partial charge in [-0.1, -0.05) is 78.9 Å². The van der Waals surface area contributed by atoms with E-state index < -0.39 is 0 Å². The molecule has 4 rings (SSSR count). The third kappa shape index (κ3) is 3.22. The summed E-state index contributed by atoms with van der Waals surface area (Å²) in [6, 6.07) is 30.0. The number of fused-ring (bicyclic) bond motifs is 1. The topological polar surface area (TPSA) is 26.3 Å². The van der Waals surface area contributed by atoms with Crippen LogP contribution in [0.4, 0.5) is 0 Å². The van der Waals surface area contributed by atoms with Gasteiger partial charge in [-0.15, -0.1) is 0 Å². The maximum absolute atomic E-state index is 11.5. The van der Waals surface area contributed by atoms with Gasteiger partial charge in [0, 0.05) is 5.56 Å². The average molecular weight is 338 g/mol. The summed E-state index contributed by atoms with van der Waals surface area (Å²) >= 11 is 0. The Labute approximate surface area is 152 Å². The predicted octanol–water partition coefficient (Wildman–Crippen LogP) is 5.90. The van der Waals surface area contributed by atoms with E-state index in [0.717, 1.165) is 39.5 Å². The molecule has 0 aliphatic heterocycles. The highest BCUT2D eigenvalue weighted by molar-refractivity contribution is 6.04. The molecule has 0 saturated carbocycles. The quantitative estimate of drug-likeness (QED) is 0.424. The van der Waals surface area contributed by atoms with Gasteiger partial charge in [-0.25, -0.2) is 0 Å². The van der Waals surface area contributed by atoms with Crippen LogP contribution in [0.15, 0.2) is 91.0 Å². The van der Waals surface area contributed by atoms with Gasteiger partial charge in [0.15, 0.2) is 6.29 Å². The van der Waals surface area contributed by atoms with Crippen LogP contribution < -0.4 is 4.74 Å². The first-order valence-electron chi connectivity index (χ1n) is 8.59. The molecule has 0 bridgehead atoms. The van der Waals surface area contributed by atoms with E-state index in [9.17, 15) is 4.79 Å². The molecular formula is C24H18O2. The molecule has 0 aliphatic carbocycles. The summed E-state index contributed by atoms with van der Waals surface area (Å²) in [5.74, 6) is 0.819. The number of hydrogen-bond acceptors (Lipinski definition) is 2. The summed E-state index contributed by atoms with van der Waals surface area (Å²) < 4.78 is 5.93. The van der Waals surface area contributed by atoms with Crippen molar-refractivity contribution in [2.24, 2.45) is 0 Å². The molecule has 0 saturated heterocycles.